The van der Waals surface area contributed by atoms with Crippen molar-refractivity contribution in [1.29, 1.82) is 0 Å². The van der Waals surface area contributed by atoms with Crippen LogP contribution in [0.2, 0.25) is 0 Å². The average molecular weight is 334 g/mol. The van der Waals surface area contributed by atoms with Crippen molar-refractivity contribution >= 4 is 0 Å². The summed E-state index contributed by atoms with van der Waals surface area (Å²) >= 11 is 0. The van der Waals surface area contributed by atoms with Crippen LogP contribution in [0.25, 0.3) is 0 Å². The van der Waals surface area contributed by atoms with Gasteiger partial charge in [-0.15, -0.1) is 0 Å². The van der Waals surface area contributed by atoms with E-state index in [4.69, 9.17) is 9.47 Å². The Bertz CT molecular complexity index is 855. The maximum absolute atomic E-state index is 10.0. The Morgan fingerprint density at radius 1 is 0.720 bits per heavy atom. The molecule has 3 aromatic carbocycles. The van der Waals surface area contributed by atoms with Crippen molar-refractivity contribution in [2.45, 2.75) is 27.1 Å². The van der Waals surface area contributed by atoms with Crippen LogP contribution < -0.4 is 9.47 Å². The smallest absolute Gasteiger partial charge is 0.165 e. The minimum atomic E-state index is 0.107. The van der Waals surface area contributed by atoms with Crippen LogP contribution in [0, 0.1) is 13.8 Å². The summed E-state index contributed by atoms with van der Waals surface area (Å²) in [5.41, 5.74) is 4.55. The Labute approximate surface area is 148 Å². The SMILES string of the molecule is Cc1cccc(COc2ccc(O)c(OCc3cccc(C)c3)c2)c1. The molecule has 0 atom stereocenters. The summed E-state index contributed by atoms with van der Waals surface area (Å²) < 4.78 is 11.6. The summed E-state index contributed by atoms with van der Waals surface area (Å²) in [6.45, 7) is 4.97. The summed E-state index contributed by atoms with van der Waals surface area (Å²) in [5.74, 6) is 1.19. The number of aromatic hydroxyl groups is 1. The number of phenols is 1. The van der Waals surface area contributed by atoms with Gasteiger partial charge in [-0.25, -0.2) is 0 Å². The van der Waals surface area contributed by atoms with Crippen molar-refractivity contribution in [2.75, 3.05) is 0 Å². The molecule has 3 heteroatoms. The fraction of sp³-hybridized carbons (Fsp3) is 0.182. The van der Waals surface area contributed by atoms with Gasteiger partial charge in [-0.3, -0.25) is 0 Å². The van der Waals surface area contributed by atoms with Crippen molar-refractivity contribution in [3.8, 4) is 17.2 Å². The molecule has 0 radical (unpaired) electrons. The zero-order valence-corrected chi connectivity index (χ0v) is 14.5. The highest BCUT2D eigenvalue weighted by Crippen LogP contribution is 2.31. The van der Waals surface area contributed by atoms with E-state index in [2.05, 4.69) is 25.1 Å². The number of aryl methyl sites for hydroxylation is 2. The number of hydrogen-bond donors (Lipinski definition) is 1. The molecule has 1 N–H and O–H groups in total. The van der Waals surface area contributed by atoms with E-state index in [9.17, 15) is 5.11 Å². The Morgan fingerprint density at radius 3 is 1.92 bits per heavy atom. The van der Waals surface area contributed by atoms with Crippen LogP contribution >= 0.6 is 0 Å². The van der Waals surface area contributed by atoms with Gasteiger partial charge in [0, 0.05) is 6.07 Å². The number of hydrogen-bond acceptors (Lipinski definition) is 3. The van der Waals surface area contributed by atoms with E-state index >= 15 is 0 Å². The Balaban J connectivity index is 1.65. The van der Waals surface area contributed by atoms with Crippen LogP contribution in [0.15, 0.2) is 66.7 Å². The zero-order valence-electron chi connectivity index (χ0n) is 14.5. The maximum Gasteiger partial charge on any atom is 0.165 e. The maximum atomic E-state index is 10.0. The van der Waals surface area contributed by atoms with E-state index in [-0.39, 0.29) is 5.75 Å². The highest BCUT2D eigenvalue weighted by Gasteiger charge is 2.06. The van der Waals surface area contributed by atoms with Crippen LogP contribution in [0.3, 0.4) is 0 Å². The summed E-state index contributed by atoms with van der Waals surface area (Å²) in [5, 5.41) is 10.0. The highest BCUT2D eigenvalue weighted by atomic mass is 16.5. The molecular weight excluding hydrogens is 312 g/mol. The second kappa shape index (κ2) is 7.75. The fourth-order valence-corrected chi connectivity index (χ4v) is 2.63. The monoisotopic (exact) mass is 334 g/mol. The van der Waals surface area contributed by atoms with E-state index in [1.807, 2.05) is 37.3 Å². The van der Waals surface area contributed by atoms with E-state index < -0.39 is 0 Å². The van der Waals surface area contributed by atoms with Crippen LogP contribution in [0.1, 0.15) is 22.3 Å². The van der Waals surface area contributed by atoms with Crippen LogP contribution in [0.4, 0.5) is 0 Å². The number of benzene rings is 3. The lowest BCUT2D eigenvalue weighted by Gasteiger charge is -2.12. The molecule has 0 aliphatic heterocycles. The van der Waals surface area contributed by atoms with Crippen LogP contribution in [0.5, 0.6) is 17.2 Å². The molecule has 0 heterocycles. The fourth-order valence-electron chi connectivity index (χ4n) is 2.63. The van der Waals surface area contributed by atoms with Gasteiger partial charge in [0.15, 0.2) is 11.5 Å². The van der Waals surface area contributed by atoms with Gasteiger partial charge in [0.25, 0.3) is 0 Å². The molecule has 128 valence electrons. The normalized spacial score (nSPS) is 10.5. The van der Waals surface area contributed by atoms with Gasteiger partial charge in [0.1, 0.15) is 19.0 Å². The third kappa shape index (κ3) is 4.77. The van der Waals surface area contributed by atoms with Crippen molar-refractivity contribution in [3.05, 3.63) is 89.0 Å². The molecule has 25 heavy (non-hydrogen) atoms. The van der Waals surface area contributed by atoms with Gasteiger partial charge in [0.05, 0.1) is 0 Å². The van der Waals surface area contributed by atoms with Gasteiger partial charge in [-0.05, 0) is 37.1 Å². The third-order valence-electron chi connectivity index (χ3n) is 3.90. The largest absolute Gasteiger partial charge is 0.504 e. The summed E-state index contributed by atoms with van der Waals surface area (Å²) in [7, 11) is 0. The molecule has 0 fully saturated rings. The number of phenolic OH excluding ortho intramolecular Hbond substituents is 1. The lowest BCUT2D eigenvalue weighted by molar-refractivity contribution is 0.278. The first-order chi connectivity index (χ1) is 12.1. The Hall–Kier alpha value is -2.94. The molecule has 0 amide bonds. The van der Waals surface area contributed by atoms with Crippen LogP contribution in [-0.2, 0) is 13.2 Å². The predicted octanol–water partition coefficient (Wildman–Crippen LogP) is 5.17. The van der Waals surface area contributed by atoms with E-state index in [0.29, 0.717) is 24.7 Å². The van der Waals surface area contributed by atoms with Gasteiger partial charge >= 0.3 is 0 Å². The molecule has 0 aliphatic carbocycles. The standard InChI is InChI=1S/C22H22O3/c1-16-5-3-7-18(11-16)14-24-20-9-10-21(23)22(13-20)25-15-19-8-4-6-17(2)12-19/h3-13,23H,14-15H2,1-2H3. The molecule has 0 spiro atoms. The first-order valence-electron chi connectivity index (χ1n) is 8.30. The minimum Gasteiger partial charge on any atom is -0.504 e. The molecule has 0 aromatic heterocycles. The summed E-state index contributed by atoms with van der Waals surface area (Å²) in [6.07, 6.45) is 0. The molecule has 0 aliphatic rings. The molecule has 3 nitrogen and oxygen atoms in total. The lowest BCUT2D eigenvalue weighted by atomic mass is 10.1. The number of rotatable bonds is 6. The van der Waals surface area contributed by atoms with E-state index in [1.54, 1.807) is 18.2 Å². The van der Waals surface area contributed by atoms with E-state index in [0.717, 1.165) is 11.1 Å². The predicted molar refractivity (Wildman–Crippen MR) is 99.1 cm³/mol. The summed E-state index contributed by atoms with van der Waals surface area (Å²) in [6, 6.07) is 21.4. The van der Waals surface area contributed by atoms with Gasteiger partial charge in [-0.2, -0.15) is 0 Å². The number of ether oxygens (including phenoxy) is 2. The van der Waals surface area contributed by atoms with Crippen LogP contribution in [-0.4, -0.2) is 5.11 Å². The Morgan fingerprint density at radius 2 is 1.32 bits per heavy atom. The lowest BCUT2D eigenvalue weighted by Crippen LogP contribution is -1.98. The van der Waals surface area contributed by atoms with Gasteiger partial charge in [-0.1, -0.05) is 59.7 Å². The van der Waals surface area contributed by atoms with Gasteiger partial charge in [0.2, 0.25) is 0 Å². The minimum absolute atomic E-state index is 0.107. The third-order valence-corrected chi connectivity index (χ3v) is 3.90. The first-order valence-corrected chi connectivity index (χ1v) is 8.30. The second-order valence-corrected chi connectivity index (χ2v) is 6.18. The topological polar surface area (TPSA) is 38.7 Å². The highest BCUT2D eigenvalue weighted by molar-refractivity contribution is 5.44. The average Bonchev–Trinajstić information content (AvgIpc) is 2.60. The van der Waals surface area contributed by atoms with Crippen molar-refractivity contribution in [1.82, 2.24) is 0 Å². The molecule has 0 bridgehead atoms. The first kappa shape index (κ1) is 16.9. The van der Waals surface area contributed by atoms with E-state index in [1.165, 1.54) is 11.1 Å². The van der Waals surface area contributed by atoms with Crippen molar-refractivity contribution in [3.63, 3.8) is 0 Å². The molecule has 0 saturated heterocycles. The molecule has 0 saturated carbocycles. The molecule has 0 unspecified atom stereocenters. The zero-order chi connectivity index (χ0) is 17.6. The van der Waals surface area contributed by atoms with Gasteiger partial charge < -0.3 is 14.6 Å². The molecular formula is C22H22O3. The molecule has 3 aromatic rings. The van der Waals surface area contributed by atoms with Crippen molar-refractivity contribution in [2.24, 2.45) is 0 Å². The second-order valence-electron chi connectivity index (χ2n) is 6.18. The van der Waals surface area contributed by atoms with Crippen molar-refractivity contribution < 1.29 is 14.6 Å². The quantitative estimate of drug-likeness (QED) is 0.676. The molecule has 3 rings (SSSR count). The summed E-state index contributed by atoms with van der Waals surface area (Å²) in [4.78, 5) is 0. The Kier molecular flexibility index (Phi) is 5.24.